The molecule has 0 unspecified atom stereocenters. The molecule has 2 atom stereocenters. The molecular formula is C22H18F2N4O2. The van der Waals surface area contributed by atoms with E-state index in [1.165, 1.54) is 30.5 Å². The lowest BCUT2D eigenvalue weighted by Crippen LogP contribution is -2.39. The van der Waals surface area contributed by atoms with Crippen LogP contribution in [0.15, 0.2) is 36.5 Å². The highest BCUT2D eigenvalue weighted by molar-refractivity contribution is 5.85. The highest BCUT2D eigenvalue weighted by Crippen LogP contribution is 2.69. The SMILES string of the molecule is CC1(C)[C@H]2CC[C@]1(c1nccc(C(=O)O)n1)c1nnc(-c3c(F)cccc3F)cc12. The second-order valence-electron chi connectivity index (χ2n) is 8.42. The second kappa shape index (κ2) is 6.10. The molecule has 0 spiro atoms. The van der Waals surface area contributed by atoms with Crippen molar-refractivity contribution in [3.8, 4) is 11.3 Å². The van der Waals surface area contributed by atoms with Crippen molar-refractivity contribution in [3.63, 3.8) is 0 Å². The minimum Gasteiger partial charge on any atom is -0.477 e. The monoisotopic (exact) mass is 408 g/mol. The summed E-state index contributed by atoms with van der Waals surface area (Å²) in [6.45, 7) is 4.15. The minimum atomic E-state index is -1.13. The van der Waals surface area contributed by atoms with Crippen LogP contribution in [0.2, 0.25) is 0 Å². The van der Waals surface area contributed by atoms with Gasteiger partial charge in [0.05, 0.1) is 22.4 Å². The first kappa shape index (κ1) is 18.7. The fourth-order valence-electron chi connectivity index (χ4n) is 5.37. The van der Waals surface area contributed by atoms with Crippen molar-refractivity contribution < 1.29 is 18.7 Å². The molecule has 6 nitrogen and oxygen atoms in total. The number of halogens is 2. The number of benzene rings is 1. The Hall–Kier alpha value is -3.29. The molecule has 0 amide bonds. The molecule has 2 bridgehead atoms. The zero-order chi connectivity index (χ0) is 21.3. The lowest BCUT2D eigenvalue weighted by atomic mass is 9.67. The fourth-order valence-corrected chi connectivity index (χ4v) is 5.37. The van der Waals surface area contributed by atoms with Gasteiger partial charge in [0, 0.05) is 6.20 Å². The summed E-state index contributed by atoms with van der Waals surface area (Å²) in [4.78, 5) is 20.2. The van der Waals surface area contributed by atoms with Crippen LogP contribution in [0.1, 0.15) is 60.2 Å². The van der Waals surface area contributed by atoms with Gasteiger partial charge in [-0.25, -0.2) is 23.5 Å². The zero-order valence-electron chi connectivity index (χ0n) is 16.4. The number of fused-ring (bicyclic) bond motifs is 5. The van der Waals surface area contributed by atoms with E-state index >= 15 is 0 Å². The number of aromatic nitrogens is 4. The second-order valence-corrected chi connectivity index (χ2v) is 8.42. The van der Waals surface area contributed by atoms with Crippen molar-refractivity contribution in [1.82, 2.24) is 20.2 Å². The molecule has 0 aliphatic heterocycles. The Bertz CT molecular complexity index is 1190. The molecule has 8 heteroatoms. The molecule has 152 valence electrons. The number of rotatable bonds is 3. The number of hydrogen-bond donors (Lipinski definition) is 1. The highest BCUT2D eigenvalue weighted by Gasteiger charge is 2.65. The van der Waals surface area contributed by atoms with Gasteiger partial charge in [-0.2, -0.15) is 5.10 Å². The number of aromatic carboxylic acids is 1. The van der Waals surface area contributed by atoms with E-state index < -0.39 is 23.0 Å². The van der Waals surface area contributed by atoms with Crippen molar-refractivity contribution in [2.24, 2.45) is 5.41 Å². The summed E-state index contributed by atoms with van der Waals surface area (Å²) in [5.74, 6) is -2.06. The van der Waals surface area contributed by atoms with Crippen LogP contribution in [0.5, 0.6) is 0 Å². The van der Waals surface area contributed by atoms with Crippen molar-refractivity contribution in [1.29, 1.82) is 0 Å². The van der Waals surface area contributed by atoms with Gasteiger partial charge in [0.2, 0.25) is 0 Å². The van der Waals surface area contributed by atoms with E-state index in [-0.39, 0.29) is 28.3 Å². The predicted octanol–water partition coefficient (Wildman–Crippen LogP) is 4.11. The molecule has 5 rings (SSSR count). The first-order valence-corrected chi connectivity index (χ1v) is 9.66. The van der Waals surface area contributed by atoms with Gasteiger partial charge in [-0.05, 0) is 54.0 Å². The molecule has 3 aromatic rings. The topological polar surface area (TPSA) is 88.9 Å². The van der Waals surface area contributed by atoms with Crippen LogP contribution in [0, 0.1) is 17.0 Å². The number of carboxylic acids is 1. The first-order chi connectivity index (χ1) is 14.3. The molecule has 2 aliphatic rings. The molecule has 0 radical (unpaired) electrons. The van der Waals surface area contributed by atoms with Crippen LogP contribution < -0.4 is 0 Å². The summed E-state index contributed by atoms with van der Waals surface area (Å²) in [6.07, 6.45) is 2.95. The van der Waals surface area contributed by atoms with Crippen molar-refractivity contribution >= 4 is 5.97 Å². The summed E-state index contributed by atoms with van der Waals surface area (Å²) in [5, 5.41) is 17.9. The van der Waals surface area contributed by atoms with Crippen molar-refractivity contribution in [2.75, 3.05) is 0 Å². The van der Waals surface area contributed by atoms with Crippen LogP contribution in [-0.2, 0) is 5.41 Å². The van der Waals surface area contributed by atoms with Gasteiger partial charge >= 0.3 is 5.97 Å². The quantitative estimate of drug-likeness (QED) is 0.702. The van der Waals surface area contributed by atoms with Gasteiger partial charge in [-0.3, -0.25) is 0 Å². The van der Waals surface area contributed by atoms with Crippen LogP contribution in [0.4, 0.5) is 8.78 Å². The van der Waals surface area contributed by atoms with Crippen LogP contribution in [0.3, 0.4) is 0 Å². The van der Waals surface area contributed by atoms with E-state index in [1.54, 1.807) is 6.07 Å². The van der Waals surface area contributed by atoms with Crippen molar-refractivity contribution in [2.45, 2.75) is 38.0 Å². The van der Waals surface area contributed by atoms with E-state index in [9.17, 15) is 18.7 Å². The van der Waals surface area contributed by atoms with E-state index in [0.29, 0.717) is 17.9 Å². The number of nitrogens with zero attached hydrogens (tertiary/aromatic N) is 4. The smallest absolute Gasteiger partial charge is 0.354 e. The fraction of sp³-hybridized carbons (Fsp3) is 0.318. The predicted molar refractivity (Wildman–Crippen MR) is 103 cm³/mol. The third kappa shape index (κ3) is 2.24. The molecule has 0 saturated heterocycles. The van der Waals surface area contributed by atoms with Gasteiger partial charge in [-0.15, -0.1) is 5.10 Å². The molecule has 2 heterocycles. The summed E-state index contributed by atoms with van der Waals surface area (Å²) in [7, 11) is 0. The Morgan fingerprint density at radius 3 is 2.60 bits per heavy atom. The summed E-state index contributed by atoms with van der Waals surface area (Å²) in [6, 6.07) is 6.75. The maximum absolute atomic E-state index is 14.3. The standard InChI is InChI=1S/C22H18F2N4O2/c1-21(2)12-6-8-22(21,20-25-9-7-15(26-20)19(29)30)18-11(12)10-16(27-28-18)17-13(23)4-3-5-14(17)24/h3-5,7,9-10,12H,6,8H2,1-2H3,(H,29,30)/t12-,22+/m0/s1. The minimum absolute atomic E-state index is 0.0636. The van der Waals surface area contributed by atoms with Crippen LogP contribution in [0.25, 0.3) is 11.3 Å². The first-order valence-electron chi connectivity index (χ1n) is 9.66. The molecule has 1 aromatic carbocycles. The molecule has 2 aliphatic carbocycles. The Morgan fingerprint density at radius 2 is 1.90 bits per heavy atom. The largest absolute Gasteiger partial charge is 0.477 e. The van der Waals surface area contributed by atoms with Gasteiger partial charge in [0.15, 0.2) is 5.69 Å². The average molecular weight is 408 g/mol. The summed E-state index contributed by atoms with van der Waals surface area (Å²) >= 11 is 0. The normalized spacial score (nSPS) is 23.4. The molecular weight excluding hydrogens is 390 g/mol. The van der Waals surface area contributed by atoms with Crippen molar-refractivity contribution in [3.05, 3.63) is 70.9 Å². The average Bonchev–Trinajstić information content (AvgIpc) is 3.09. The molecule has 1 saturated carbocycles. The summed E-state index contributed by atoms with van der Waals surface area (Å²) in [5.41, 5.74) is 0.301. The van der Waals surface area contributed by atoms with E-state index in [1.807, 2.05) is 0 Å². The Morgan fingerprint density at radius 1 is 1.17 bits per heavy atom. The Kier molecular flexibility index (Phi) is 3.81. The van der Waals surface area contributed by atoms with E-state index in [2.05, 4.69) is 34.0 Å². The van der Waals surface area contributed by atoms with Crippen LogP contribution >= 0.6 is 0 Å². The summed E-state index contributed by atoms with van der Waals surface area (Å²) < 4.78 is 28.6. The van der Waals surface area contributed by atoms with Gasteiger partial charge < -0.3 is 5.11 Å². The van der Waals surface area contributed by atoms with E-state index in [0.717, 1.165) is 12.0 Å². The van der Waals surface area contributed by atoms with Gasteiger partial charge in [0.25, 0.3) is 0 Å². The van der Waals surface area contributed by atoms with E-state index in [4.69, 9.17) is 0 Å². The maximum Gasteiger partial charge on any atom is 0.354 e. The van der Waals surface area contributed by atoms with Gasteiger partial charge in [0.1, 0.15) is 17.5 Å². The third-order valence-corrected chi connectivity index (χ3v) is 6.86. The molecule has 1 N–H and O–H groups in total. The maximum atomic E-state index is 14.3. The Labute approximate surface area is 171 Å². The highest BCUT2D eigenvalue weighted by atomic mass is 19.1. The third-order valence-electron chi connectivity index (χ3n) is 6.86. The molecule has 2 aromatic heterocycles. The number of carboxylic acid groups (broad SMARTS) is 1. The zero-order valence-corrected chi connectivity index (χ0v) is 16.4. The van der Waals surface area contributed by atoms with Gasteiger partial charge in [-0.1, -0.05) is 19.9 Å². The van der Waals surface area contributed by atoms with Crippen LogP contribution in [-0.4, -0.2) is 31.2 Å². The Balaban J connectivity index is 1.72. The molecule has 30 heavy (non-hydrogen) atoms. The lowest BCUT2D eigenvalue weighted by molar-refractivity contribution is 0.0689. The number of carbonyl (C=O) groups is 1. The lowest BCUT2D eigenvalue weighted by Gasteiger charge is -2.36. The number of hydrogen-bond acceptors (Lipinski definition) is 5. The molecule has 1 fully saturated rings.